The van der Waals surface area contributed by atoms with E-state index in [1.54, 1.807) is 0 Å². The van der Waals surface area contributed by atoms with Crippen molar-refractivity contribution in [1.29, 1.82) is 5.41 Å². The number of nitrogen functional groups attached to an aromatic ring is 1. The maximum Gasteiger partial charge on any atom is 0.122 e. The number of nitrogens with two attached hydrogens (primary N) is 1. The molecule has 0 heterocycles. The number of benzene rings is 1. The number of aryl methyl sites for hydroxylation is 1. The van der Waals surface area contributed by atoms with Gasteiger partial charge in [0.05, 0.1) is 0 Å². The van der Waals surface area contributed by atoms with Crippen LogP contribution < -0.4 is 5.73 Å². The van der Waals surface area contributed by atoms with Crippen molar-refractivity contribution in [2.24, 2.45) is 5.73 Å². The van der Waals surface area contributed by atoms with Crippen molar-refractivity contribution in [3.8, 4) is 0 Å². The molecule has 3 heteroatoms. The van der Waals surface area contributed by atoms with Gasteiger partial charge in [0, 0.05) is 10.0 Å². The van der Waals surface area contributed by atoms with Crippen molar-refractivity contribution < 1.29 is 0 Å². The fraction of sp³-hybridized carbons (Fsp3) is 0.125. The van der Waals surface area contributed by atoms with E-state index in [4.69, 9.17) is 11.1 Å². The van der Waals surface area contributed by atoms with E-state index in [2.05, 4.69) is 15.9 Å². The van der Waals surface area contributed by atoms with Gasteiger partial charge in [0.15, 0.2) is 0 Å². The Kier molecular flexibility index (Phi) is 2.29. The van der Waals surface area contributed by atoms with Crippen molar-refractivity contribution >= 4 is 21.8 Å². The van der Waals surface area contributed by atoms with Gasteiger partial charge in [-0.05, 0) is 30.7 Å². The highest BCUT2D eigenvalue weighted by molar-refractivity contribution is 9.10. The third-order valence-corrected chi connectivity index (χ3v) is 1.81. The van der Waals surface area contributed by atoms with Crippen LogP contribution in [0.3, 0.4) is 0 Å². The zero-order valence-corrected chi connectivity index (χ0v) is 7.77. The second-order valence-electron chi connectivity index (χ2n) is 2.43. The normalized spacial score (nSPS) is 9.64. The molecular formula is C8H9BrN2. The van der Waals surface area contributed by atoms with Crippen LogP contribution >= 0.6 is 15.9 Å². The first-order valence-corrected chi connectivity index (χ1v) is 4.00. The van der Waals surface area contributed by atoms with E-state index >= 15 is 0 Å². The number of nitrogens with one attached hydrogen (secondary N) is 1. The Hall–Kier alpha value is -0.830. The fourth-order valence-electron chi connectivity index (χ4n) is 0.892. The van der Waals surface area contributed by atoms with Crippen LogP contribution in [0.4, 0.5) is 0 Å². The van der Waals surface area contributed by atoms with Crippen molar-refractivity contribution in [3.63, 3.8) is 0 Å². The molecule has 0 fully saturated rings. The van der Waals surface area contributed by atoms with E-state index in [1.807, 2.05) is 25.1 Å². The van der Waals surface area contributed by atoms with E-state index in [0.717, 1.165) is 15.6 Å². The summed E-state index contributed by atoms with van der Waals surface area (Å²) in [6.07, 6.45) is 0. The van der Waals surface area contributed by atoms with Crippen molar-refractivity contribution in [3.05, 3.63) is 33.8 Å². The average molecular weight is 213 g/mol. The van der Waals surface area contributed by atoms with E-state index in [9.17, 15) is 0 Å². The van der Waals surface area contributed by atoms with Gasteiger partial charge in [-0.25, -0.2) is 0 Å². The Morgan fingerprint density at radius 3 is 2.55 bits per heavy atom. The molecule has 0 atom stereocenters. The molecule has 3 N–H and O–H groups in total. The van der Waals surface area contributed by atoms with E-state index in [1.165, 1.54) is 0 Å². The summed E-state index contributed by atoms with van der Waals surface area (Å²) in [6.45, 7) is 1.97. The van der Waals surface area contributed by atoms with Gasteiger partial charge in [0.2, 0.25) is 0 Å². The Morgan fingerprint density at radius 1 is 1.45 bits per heavy atom. The highest BCUT2D eigenvalue weighted by Gasteiger charge is 1.97. The van der Waals surface area contributed by atoms with Gasteiger partial charge < -0.3 is 5.73 Å². The molecule has 2 nitrogen and oxygen atoms in total. The molecule has 1 aromatic rings. The highest BCUT2D eigenvalue weighted by atomic mass is 79.9. The number of rotatable bonds is 1. The second kappa shape index (κ2) is 3.05. The third-order valence-electron chi connectivity index (χ3n) is 1.35. The lowest BCUT2D eigenvalue weighted by Gasteiger charge is -2.00. The first kappa shape index (κ1) is 8.27. The molecule has 11 heavy (non-hydrogen) atoms. The van der Waals surface area contributed by atoms with Crippen molar-refractivity contribution in [1.82, 2.24) is 0 Å². The number of halogens is 1. The number of amidine groups is 1. The molecule has 1 aromatic carbocycles. The maximum atomic E-state index is 7.19. The van der Waals surface area contributed by atoms with E-state index in [-0.39, 0.29) is 5.84 Å². The molecule has 0 unspecified atom stereocenters. The Labute approximate surface area is 74.1 Å². The van der Waals surface area contributed by atoms with Crippen LogP contribution in [-0.2, 0) is 0 Å². The van der Waals surface area contributed by atoms with Gasteiger partial charge in [-0.15, -0.1) is 0 Å². The monoisotopic (exact) mass is 212 g/mol. The fourth-order valence-corrected chi connectivity index (χ4v) is 1.50. The summed E-state index contributed by atoms with van der Waals surface area (Å²) in [5, 5.41) is 7.19. The molecule has 0 amide bonds. The number of hydrogen-bond donors (Lipinski definition) is 2. The Morgan fingerprint density at radius 2 is 2.09 bits per heavy atom. The summed E-state index contributed by atoms with van der Waals surface area (Å²) >= 11 is 3.33. The summed E-state index contributed by atoms with van der Waals surface area (Å²) in [5.74, 6) is 0.106. The molecule has 0 aliphatic rings. The molecular weight excluding hydrogens is 204 g/mol. The van der Waals surface area contributed by atoms with Crippen LogP contribution in [0.2, 0.25) is 0 Å². The lowest BCUT2D eigenvalue weighted by atomic mass is 10.1. The molecule has 0 spiro atoms. The summed E-state index contributed by atoms with van der Waals surface area (Å²) in [7, 11) is 0. The molecule has 0 saturated carbocycles. The quantitative estimate of drug-likeness (QED) is 0.544. The smallest absolute Gasteiger partial charge is 0.122 e. The van der Waals surface area contributed by atoms with Crippen LogP contribution in [0.1, 0.15) is 11.1 Å². The molecule has 0 radical (unpaired) electrons. The maximum absolute atomic E-state index is 7.19. The first-order valence-electron chi connectivity index (χ1n) is 3.21. The zero-order chi connectivity index (χ0) is 8.43. The summed E-state index contributed by atoms with van der Waals surface area (Å²) < 4.78 is 0.961. The predicted octanol–water partition coefficient (Wildman–Crippen LogP) is 2.04. The topological polar surface area (TPSA) is 49.9 Å². The Balaban J connectivity index is 3.19. The zero-order valence-electron chi connectivity index (χ0n) is 6.19. The molecule has 0 aromatic heterocycles. The SMILES string of the molecule is Cc1cc(Br)cc(C(=N)N)c1. The standard InChI is InChI=1S/C8H9BrN2/c1-5-2-6(8(10)11)4-7(9)3-5/h2-4H,1H3,(H3,10,11). The number of hydrogen-bond acceptors (Lipinski definition) is 1. The molecule has 0 saturated heterocycles. The van der Waals surface area contributed by atoms with Crippen molar-refractivity contribution in [2.75, 3.05) is 0 Å². The minimum absolute atomic E-state index is 0.106. The second-order valence-corrected chi connectivity index (χ2v) is 3.35. The van der Waals surface area contributed by atoms with Gasteiger partial charge in [-0.2, -0.15) is 0 Å². The van der Waals surface area contributed by atoms with Gasteiger partial charge in [0.25, 0.3) is 0 Å². The van der Waals surface area contributed by atoms with E-state index in [0.29, 0.717) is 0 Å². The molecule has 58 valence electrons. The summed E-state index contributed by atoms with van der Waals surface area (Å²) in [6, 6.07) is 5.69. The molecule has 1 rings (SSSR count). The first-order chi connectivity index (χ1) is 5.09. The summed E-state index contributed by atoms with van der Waals surface area (Å²) in [4.78, 5) is 0. The summed E-state index contributed by atoms with van der Waals surface area (Å²) in [5.41, 5.74) is 7.18. The van der Waals surface area contributed by atoms with Crippen LogP contribution in [0, 0.1) is 12.3 Å². The van der Waals surface area contributed by atoms with Gasteiger partial charge in [-0.1, -0.05) is 15.9 Å². The Bertz CT molecular complexity index is 274. The van der Waals surface area contributed by atoms with E-state index < -0.39 is 0 Å². The lowest BCUT2D eigenvalue weighted by molar-refractivity contribution is 1.38. The van der Waals surface area contributed by atoms with Crippen LogP contribution in [0.15, 0.2) is 22.7 Å². The molecule has 0 aliphatic heterocycles. The molecule has 0 aliphatic carbocycles. The van der Waals surface area contributed by atoms with Crippen LogP contribution in [0.5, 0.6) is 0 Å². The minimum Gasteiger partial charge on any atom is -0.384 e. The average Bonchev–Trinajstić information content (AvgIpc) is 1.85. The largest absolute Gasteiger partial charge is 0.384 e. The van der Waals surface area contributed by atoms with Crippen LogP contribution in [0.25, 0.3) is 0 Å². The molecule has 0 bridgehead atoms. The minimum atomic E-state index is 0.106. The van der Waals surface area contributed by atoms with Gasteiger partial charge in [0.1, 0.15) is 5.84 Å². The predicted molar refractivity (Wildman–Crippen MR) is 49.9 cm³/mol. The van der Waals surface area contributed by atoms with Gasteiger partial charge in [-0.3, -0.25) is 5.41 Å². The third kappa shape index (κ3) is 2.05. The lowest BCUT2D eigenvalue weighted by Crippen LogP contribution is -2.10. The van der Waals surface area contributed by atoms with Crippen LogP contribution in [-0.4, -0.2) is 5.84 Å². The van der Waals surface area contributed by atoms with Gasteiger partial charge >= 0.3 is 0 Å². The van der Waals surface area contributed by atoms with Crippen molar-refractivity contribution in [2.45, 2.75) is 6.92 Å². The highest BCUT2D eigenvalue weighted by Crippen LogP contribution is 2.14.